The zero-order chi connectivity index (χ0) is 15.2. The van der Waals surface area contributed by atoms with Crippen LogP contribution in [0, 0.1) is 5.82 Å². The van der Waals surface area contributed by atoms with Gasteiger partial charge in [0.05, 0.1) is 5.71 Å². The van der Waals surface area contributed by atoms with Crippen molar-refractivity contribution >= 4 is 21.6 Å². The summed E-state index contributed by atoms with van der Waals surface area (Å²) in [5.74, 6) is 0.239. The molecule has 0 amide bonds. The van der Waals surface area contributed by atoms with Crippen LogP contribution in [0.4, 0.5) is 4.39 Å². The quantitative estimate of drug-likeness (QED) is 0.479. The lowest BCUT2D eigenvalue weighted by molar-refractivity contribution is 0.297. The first-order valence-electron chi connectivity index (χ1n) is 6.52. The largest absolute Gasteiger partial charge is 0.488 e. The van der Waals surface area contributed by atoms with E-state index in [1.165, 1.54) is 6.07 Å². The van der Waals surface area contributed by atoms with Crippen LogP contribution in [0.5, 0.6) is 5.75 Å². The van der Waals surface area contributed by atoms with Gasteiger partial charge in [-0.1, -0.05) is 46.2 Å². The second-order valence-electron chi connectivity index (χ2n) is 4.42. The molecular weight excluding hydrogens is 337 g/mol. The predicted molar refractivity (Wildman–Crippen MR) is 83.5 cm³/mol. The summed E-state index contributed by atoms with van der Waals surface area (Å²) in [4.78, 5) is 0. The topological polar surface area (TPSA) is 41.8 Å². The summed E-state index contributed by atoms with van der Waals surface area (Å²) in [7, 11) is 0. The monoisotopic (exact) mass is 351 g/mol. The summed E-state index contributed by atoms with van der Waals surface area (Å²) in [6.07, 6.45) is 0.573. The number of ether oxygens (including phenoxy) is 1. The first kappa shape index (κ1) is 15.5. The lowest BCUT2D eigenvalue weighted by atomic mass is 10.1. The number of oxime groups is 1. The Morgan fingerprint density at radius 1 is 1.29 bits per heavy atom. The molecule has 0 aliphatic rings. The van der Waals surface area contributed by atoms with E-state index >= 15 is 0 Å². The highest BCUT2D eigenvalue weighted by Gasteiger charge is 2.10. The maximum atomic E-state index is 13.8. The van der Waals surface area contributed by atoms with Crippen LogP contribution in [0.2, 0.25) is 0 Å². The Hall–Kier alpha value is -1.88. The number of para-hydroxylation sites is 1. The van der Waals surface area contributed by atoms with Crippen LogP contribution in [-0.4, -0.2) is 10.9 Å². The van der Waals surface area contributed by atoms with Crippen LogP contribution in [0.3, 0.4) is 0 Å². The van der Waals surface area contributed by atoms with Crippen molar-refractivity contribution < 1.29 is 14.3 Å². The van der Waals surface area contributed by atoms with E-state index in [0.29, 0.717) is 33.5 Å². The average Bonchev–Trinajstić information content (AvgIpc) is 2.49. The lowest BCUT2D eigenvalue weighted by Crippen LogP contribution is -2.05. The molecule has 21 heavy (non-hydrogen) atoms. The predicted octanol–water partition coefficient (Wildman–Crippen LogP) is 4.76. The number of hydrogen-bond acceptors (Lipinski definition) is 3. The fraction of sp³-hybridized carbons (Fsp3) is 0.188. The highest BCUT2D eigenvalue weighted by molar-refractivity contribution is 9.10. The van der Waals surface area contributed by atoms with E-state index in [9.17, 15) is 4.39 Å². The van der Waals surface area contributed by atoms with Gasteiger partial charge in [-0.25, -0.2) is 4.39 Å². The SMILES string of the molecule is CC/C(=N\O)c1ccccc1OCc1ccc(Br)cc1F. The molecule has 2 aromatic rings. The third-order valence-corrected chi connectivity index (χ3v) is 3.55. The Balaban J connectivity index is 2.20. The van der Waals surface area contributed by atoms with Crippen molar-refractivity contribution in [3.05, 3.63) is 63.9 Å². The number of benzene rings is 2. The van der Waals surface area contributed by atoms with E-state index < -0.39 is 0 Å². The minimum atomic E-state index is -0.326. The average molecular weight is 352 g/mol. The van der Waals surface area contributed by atoms with E-state index in [1.807, 2.05) is 25.1 Å². The first-order valence-corrected chi connectivity index (χ1v) is 7.32. The molecule has 0 saturated carbocycles. The molecule has 0 atom stereocenters. The van der Waals surface area contributed by atoms with Crippen molar-refractivity contribution in [1.82, 2.24) is 0 Å². The van der Waals surface area contributed by atoms with Crippen LogP contribution in [-0.2, 0) is 6.61 Å². The van der Waals surface area contributed by atoms with Crippen molar-refractivity contribution in [2.24, 2.45) is 5.16 Å². The molecular formula is C16H15BrFNO2. The zero-order valence-electron chi connectivity index (χ0n) is 11.5. The van der Waals surface area contributed by atoms with Gasteiger partial charge in [-0.15, -0.1) is 0 Å². The Kier molecular flexibility index (Phi) is 5.33. The summed E-state index contributed by atoms with van der Waals surface area (Å²) >= 11 is 3.22. The van der Waals surface area contributed by atoms with Gasteiger partial charge in [-0.2, -0.15) is 0 Å². The van der Waals surface area contributed by atoms with Gasteiger partial charge in [-0.3, -0.25) is 0 Å². The second-order valence-corrected chi connectivity index (χ2v) is 5.34. The molecule has 0 fully saturated rings. The Bertz CT molecular complexity index is 658. The van der Waals surface area contributed by atoms with Crippen LogP contribution in [0.15, 0.2) is 52.1 Å². The van der Waals surface area contributed by atoms with Gasteiger partial charge in [0.25, 0.3) is 0 Å². The summed E-state index contributed by atoms with van der Waals surface area (Å²) < 4.78 is 20.1. The minimum absolute atomic E-state index is 0.110. The molecule has 0 unspecified atom stereocenters. The first-order chi connectivity index (χ1) is 10.2. The number of hydrogen-bond donors (Lipinski definition) is 1. The highest BCUT2D eigenvalue weighted by Crippen LogP contribution is 2.23. The number of rotatable bonds is 5. The molecule has 0 aliphatic carbocycles. The Morgan fingerprint density at radius 2 is 2.05 bits per heavy atom. The van der Waals surface area contributed by atoms with E-state index in [-0.39, 0.29) is 12.4 Å². The van der Waals surface area contributed by atoms with Crippen molar-refractivity contribution in [2.45, 2.75) is 20.0 Å². The molecule has 0 radical (unpaired) electrons. The fourth-order valence-corrected chi connectivity index (χ4v) is 2.27. The zero-order valence-corrected chi connectivity index (χ0v) is 13.1. The van der Waals surface area contributed by atoms with Gasteiger partial charge in [0, 0.05) is 15.6 Å². The fourth-order valence-electron chi connectivity index (χ4n) is 1.94. The normalized spacial score (nSPS) is 11.5. The van der Waals surface area contributed by atoms with Gasteiger partial charge < -0.3 is 9.94 Å². The molecule has 1 N–H and O–H groups in total. The summed E-state index contributed by atoms with van der Waals surface area (Å²) in [5.41, 5.74) is 1.70. The molecule has 110 valence electrons. The number of halogens is 2. The van der Waals surface area contributed by atoms with Crippen molar-refractivity contribution in [1.29, 1.82) is 0 Å². The van der Waals surface area contributed by atoms with E-state index in [4.69, 9.17) is 9.94 Å². The third kappa shape index (κ3) is 3.82. The Labute approximate surface area is 131 Å². The molecule has 0 spiro atoms. The van der Waals surface area contributed by atoms with E-state index in [1.54, 1.807) is 18.2 Å². The minimum Gasteiger partial charge on any atom is -0.488 e. The summed E-state index contributed by atoms with van der Waals surface area (Å²) in [6.45, 7) is 2.00. The lowest BCUT2D eigenvalue weighted by Gasteiger charge is -2.12. The molecule has 5 heteroatoms. The molecule has 0 aromatic heterocycles. The standard InChI is InChI=1S/C16H15BrFNO2/c1-2-15(19-20)13-5-3-4-6-16(13)21-10-11-7-8-12(17)9-14(11)18/h3-9,20H,2,10H2,1H3/b19-15+. The van der Waals surface area contributed by atoms with Gasteiger partial charge >= 0.3 is 0 Å². The van der Waals surface area contributed by atoms with E-state index in [0.717, 1.165) is 0 Å². The van der Waals surface area contributed by atoms with Crippen molar-refractivity contribution in [3.8, 4) is 5.75 Å². The van der Waals surface area contributed by atoms with Crippen molar-refractivity contribution in [3.63, 3.8) is 0 Å². The smallest absolute Gasteiger partial charge is 0.130 e. The third-order valence-electron chi connectivity index (χ3n) is 3.05. The van der Waals surface area contributed by atoms with Gasteiger partial charge in [0.15, 0.2) is 0 Å². The van der Waals surface area contributed by atoms with E-state index in [2.05, 4.69) is 21.1 Å². The van der Waals surface area contributed by atoms with Crippen LogP contribution in [0.25, 0.3) is 0 Å². The van der Waals surface area contributed by atoms with Crippen LogP contribution >= 0.6 is 15.9 Å². The van der Waals surface area contributed by atoms with Crippen LogP contribution in [0.1, 0.15) is 24.5 Å². The molecule has 0 heterocycles. The molecule has 0 aliphatic heterocycles. The maximum absolute atomic E-state index is 13.8. The Morgan fingerprint density at radius 3 is 2.71 bits per heavy atom. The van der Waals surface area contributed by atoms with Gasteiger partial charge in [0.1, 0.15) is 18.2 Å². The molecule has 0 bridgehead atoms. The molecule has 2 rings (SSSR count). The summed E-state index contributed by atoms with van der Waals surface area (Å²) in [6, 6.07) is 12.1. The van der Waals surface area contributed by atoms with Gasteiger partial charge in [0.2, 0.25) is 0 Å². The molecule has 0 saturated heterocycles. The summed E-state index contributed by atoms with van der Waals surface area (Å²) in [5, 5.41) is 12.3. The number of nitrogens with zero attached hydrogens (tertiary/aromatic N) is 1. The maximum Gasteiger partial charge on any atom is 0.130 e. The van der Waals surface area contributed by atoms with Crippen molar-refractivity contribution in [2.75, 3.05) is 0 Å². The molecule has 3 nitrogen and oxygen atoms in total. The molecule has 2 aromatic carbocycles. The second kappa shape index (κ2) is 7.22. The van der Waals surface area contributed by atoms with Gasteiger partial charge in [-0.05, 0) is 30.7 Å². The van der Waals surface area contributed by atoms with Crippen LogP contribution < -0.4 is 4.74 Å². The highest BCUT2D eigenvalue weighted by atomic mass is 79.9.